The van der Waals surface area contributed by atoms with E-state index in [-0.39, 0.29) is 24.4 Å². The summed E-state index contributed by atoms with van der Waals surface area (Å²) < 4.78 is 0. The molecule has 136 valence electrons. The summed E-state index contributed by atoms with van der Waals surface area (Å²) in [7, 11) is 0. The van der Waals surface area contributed by atoms with Gasteiger partial charge < -0.3 is 15.6 Å². The highest BCUT2D eigenvalue weighted by molar-refractivity contribution is 6.07. The Balaban J connectivity index is 1.73. The summed E-state index contributed by atoms with van der Waals surface area (Å²) in [6.07, 6.45) is 4.84. The predicted molar refractivity (Wildman–Crippen MR) is 93.9 cm³/mol. The van der Waals surface area contributed by atoms with Crippen molar-refractivity contribution in [1.29, 1.82) is 0 Å². The number of hydrogen-bond acceptors (Lipinski definition) is 5. The summed E-state index contributed by atoms with van der Waals surface area (Å²) in [5, 5.41) is 6.31. The van der Waals surface area contributed by atoms with Crippen molar-refractivity contribution in [2.24, 2.45) is 5.92 Å². The summed E-state index contributed by atoms with van der Waals surface area (Å²) in [4.78, 5) is 39.2. The summed E-state index contributed by atoms with van der Waals surface area (Å²) >= 11 is 0. The highest BCUT2D eigenvalue weighted by atomic mass is 16.2. The smallest absolute Gasteiger partial charge is 0.325 e. The number of nitrogens with one attached hydrogen (secondary N) is 3. The van der Waals surface area contributed by atoms with Gasteiger partial charge in [0.15, 0.2) is 5.54 Å². The van der Waals surface area contributed by atoms with E-state index in [9.17, 15) is 9.59 Å². The molecule has 3 amide bonds. The first kappa shape index (κ1) is 16.7. The lowest BCUT2D eigenvalue weighted by Crippen LogP contribution is -2.53. The Kier molecular flexibility index (Phi) is 4.20. The maximum atomic E-state index is 13.5. The van der Waals surface area contributed by atoms with E-state index in [1.165, 1.54) is 4.90 Å². The first-order valence-corrected chi connectivity index (χ1v) is 8.88. The van der Waals surface area contributed by atoms with Crippen molar-refractivity contribution >= 4 is 11.9 Å². The number of aryl methyl sites for hydroxylation is 1. The summed E-state index contributed by atoms with van der Waals surface area (Å²) in [5.74, 6) is -0.240. The molecule has 0 saturated carbocycles. The highest BCUT2D eigenvalue weighted by Crippen LogP contribution is 2.40. The molecule has 2 aromatic heterocycles. The van der Waals surface area contributed by atoms with Crippen LogP contribution in [0.2, 0.25) is 0 Å². The molecule has 4 rings (SSSR count). The summed E-state index contributed by atoms with van der Waals surface area (Å²) in [5.41, 5.74) is 1.04. The number of H-pyrrole nitrogens is 1. The van der Waals surface area contributed by atoms with Crippen molar-refractivity contribution in [2.75, 3.05) is 13.1 Å². The molecule has 2 fully saturated rings. The van der Waals surface area contributed by atoms with E-state index in [0.717, 1.165) is 31.6 Å². The zero-order valence-electron chi connectivity index (χ0n) is 14.7. The molecule has 2 aliphatic rings. The fourth-order valence-electron chi connectivity index (χ4n) is 3.95. The van der Waals surface area contributed by atoms with Crippen molar-refractivity contribution in [3.8, 4) is 0 Å². The van der Waals surface area contributed by atoms with E-state index < -0.39 is 5.54 Å². The van der Waals surface area contributed by atoms with Crippen LogP contribution in [0.15, 0.2) is 30.7 Å². The van der Waals surface area contributed by atoms with E-state index in [1.807, 2.05) is 25.1 Å². The van der Waals surface area contributed by atoms with Gasteiger partial charge in [-0.05, 0) is 50.9 Å². The van der Waals surface area contributed by atoms with Crippen LogP contribution in [0.25, 0.3) is 0 Å². The first-order valence-electron chi connectivity index (χ1n) is 8.88. The largest absolute Gasteiger partial charge is 0.348 e. The molecule has 0 aromatic carbocycles. The molecule has 0 spiro atoms. The second-order valence-electron chi connectivity index (χ2n) is 6.84. The number of aromatic nitrogens is 3. The maximum absolute atomic E-state index is 13.5. The number of carbonyl (C=O) groups is 2. The van der Waals surface area contributed by atoms with Crippen LogP contribution in [0.4, 0.5) is 4.79 Å². The van der Waals surface area contributed by atoms with Crippen molar-refractivity contribution < 1.29 is 9.59 Å². The van der Waals surface area contributed by atoms with E-state index >= 15 is 0 Å². The van der Waals surface area contributed by atoms with E-state index in [0.29, 0.717) is 11.4 Å². The molecule has 0 radical (unpaired) electrons. The lowest BCUT2D eigenvalue weighted by molar-refractivity contribution is -0.134. The standard InChI is InChI=1S/C18H22N6O2/c1-12-14(22-11-21-12)10-24-16(25)18(23-17(24)26,13-5-8-19-9-6-13)15-4-2-3-7-20-15/h2-4,7,11,13,19H,5-6,8-10H2,1H3,(H,21,22)(H,23,26)/t18-/m0/s1. The molecule has 3 N–H and O–H groups in total. The molecular weight excluding hydrogens is 332 g/mol. The van der Waals surface area contributed by atoms with Crippen LogP contribution >= 0.6 is 0 Å². The number of pyridine rings is 1. The molecule has 8 heteroatoms. The predicted octanol–water partition coefficient (Wildman–Crippen LogP) is 1.06. The number of nitrogens with zero attached hydrogens (tertiary/aromatic N) is 3. The Labute approximate surface area is 151 Å². The molecule has 26 heavy (non-hydrogen) atoms. The molecule has 0 unspecified atom stereocenters. The van der Waals surface area contributed by atoms with Gasteiger partial charge >= 0.3 is 6.03 Å². The molecule has 4 heterocycles. The molecule has 0 aliphatic carbocycles. The molecule has 2 saturated heterocycles. The molecule has 2 aromatic rings. The first-order chi connectivity index (χ1) is 12.6. The number of imide groups is 1. The number of urea groups is 1. The number of amides is 3. The second-order valence-corrected chi connectivity index (χ2v) is 6.84. The number of carbonyl (C=O) groups excluding carboxylic acids is 2. The third-order valence-electron chi connectivity index (χ3n) is 5.39. The van der Waals surface area contributed by atoms with Crippen LogP contribution in [0.3, 0.4) is 0 Å². The molecule has 0 bridgehead atoms. The zero-order valence-corrected chi connectivity index (χ0v) is 14.7. The molecular formula is C18H22N6O2. The Morgan fingerprint density at radius 1 is 1.23 bits per heavy atom. The lowest BCUT2D eigenvalue weighted by Gasteiger charge is -2.37. The summed E-state index contributed by atoms with van der Waals surface area (Å²) in [6, 6.07) is 5.10. The SMILES string of the molecule is Cc1[nH]cnc1CN1C(=O)N[C@](c2ccccn2)(C2CCNCC2)C1=O. The monoisotopic (exact) mass is 354 g/mol. The zero-order chi connectivity index (χ0) is 18.1. The molecule has 2 aliphatic heterocycles. The lowest BCUT2D eigenvalue weighted by atomic mass is 9.75. The van der Waals surface area contributed by atoms with Gasteiger partial charge in [-0.15, -0.1) is 0 Å². The Morgan fingerprint density at radius 2 is 2.04 bits per heavy atom. The van der Waals surface area contributed by atoms with Crippen LogP contribution in [0, 0.1) is 12.8 Å². The Hall–Kier alpha value is -2.74. The van der Waals surface area contributed by atoms with Crippen LogP contribution in [0.1, 0.15) is 29.9 Å². The number of piperidine rings is 1. The molecule has 1 atom stereocenters. The highest BCUT2D eigenvalue weighted by Gasteiger charge is 2.57. The van der Waals surface area contributed by atoms with Crippen molar-refractivity contribution in [3.05, 3.63) is 47.8 Å². The topological polar surface area (TPSA) is 103 Å². The van der Waals surface area contributed by atoms with Gasteiger partial charge in [-0.2, -0.15) is 0 Å². The minimum absolute atomic E-state index is 0.000353. The third kappa shape index (κ3) is 2.57. The number of imidazole rings is 1. The average Bonchev–Trinajstić information content (AvgIpc) is 3.20. The fraction of sp³-hybridized carbons (Fsp3) is 0.444. The van der Waals surface area contributed by atoms with Gasteiger partial charge in [-0.3, -0.25) is 14.7 Å². The van der Waals surface area contributed by atoms with Gasteiger partial charge in [-0.25, -0.2) is 9.78 Å². The van der Waals surface area contributed by atoms with Gasteiger partial charge in [0.25, 0.3) is 5.91 Å². The van der Waals surface area contributed by atoms with Crippen molar-refractivity contribution in [1.82, 2.24) is 30.5 Å². The van der Waals surface area contributed by atoms with Gasteiger partial charge in [0.05, 0.1) is 24.3 Å². The van der Waals surface area contributed by atoms with Gasteiger partial charge in [0.1, 0.15) is 0 Å². The van der Waals surface area contributed by atoms with Crippen LogP contribution in [-0.2, 0) is 16.9 Å². The van der Waals surface area contributed by atoms with E-state index in [4.69, 9.17) is 0 Å². The Bertz CT molecular complexity index is 814. The minimum Gasteiger partial charge on any atom is -0.348 e. The summed E-state index contributed by atoms with van der Waals surface area (Å²) in [6.45, 7) is 3.67. The van der Waals surface area contributed by atoms with E-state index in [2.05, 4.69) is 25.6 Å². The molecule has 8 nitrogen and oxygen atoms in total. The van der Waals surface area contributed by atoms with Crippen LogP contribution in [-0.4, -0.2) is 44.9 Å². The number of rotatable bonds is 4. The maximum Gasteiger partial charge on any atom is 0.325 e. The van der Waals surface area contributed by atoms with Gasteiger partial charge in [0, 0.05) is 11.9 Å². The van der Waals surface area contributed by atoms with Crippen molar-refractivity contribution in [3.63, 3.8) is 0 Å². The number of hydrogen-bond donors (Lipinski definition) is 3. The fourth-order valence-corrected chi connectivity index (χ4v) is 3.95. The number of aromatic amines is 1. The normalized spacial score (nSPS) is 24.1. The van der Waals surface area contributed by atoms with Crippen molar-refractivity contribution in [2.45, 2.75) is 31.8 Å². The second kappa shape index (κ2) is 6.53. The van der Waals surface area contributed by atoms with Crippen LogP contribution in [0.5, 0.6) is 0 Å². The van der Waals surface area contributed by atoms with Crippen LogP contribution < -0.4 is 10.6 Å². The average molecular weight is 354 g/mol. The van der Waals surface area contributed by atoms with E-state index in [1.54, 1.807) is 12.5 Å². The van der Waals surface area contributed by atoms with Gasteiger partial charge in [-0.1, -0.05) is 6.07 Å². The third-order valence-corrected chi connectivity index (χ3v) is 5.39. The quantitative estimate of drug-likeness (QED) is 0.713. The Morgan fingerprint density at radius 3 is 2.69 bits per heavy atom. The minimum atomic E-state index is -1.11. The van der Waals surface area contributed by atoms with Gasteiger partial charge in [0.2, 0.25) is 0 Å².